The smallest absolute Gasteiger partial charge is 0.254 e. The van der Waals surface area contributed by atoms with Crippen LogP contribution in [0.2, 0.25) is 0 Å². The van der Waals surface area contributed by atoms with Crippen LogP contribution in [0.5, 0.6) is 11.5 Å². The van der Waals surface area contributed by atoms with E-state index in [1.54, 1.807) is 32.4 Å². The molecule has 0 unspecified atom stereocenters. The van der Waals surface area contributed by atoms with Crippen LogP contribution in [0.15, 0.2) is 18.2 Å². The lowest BCUT2D eigenvalue weighted by Crippen LogP contribution is -2.47. The van der Waals surface area contributed by atoms with Crippen molar-refractivity contribution in [3.05, 3.63) is 23.8 Å². The third kappa shape index (κ3) is 8.82. The van der Waals surface area contributed by atoms with Gasteiger partial charge in [-0.05, 0) is 69.1 Å². The van der Waals surface area contributed by atoms with Crippen LogP contribution >= 0.6 is 0 Å². The molecule has 3 atom stereocenters. The van der Waals surface area contributed by atoms with Crippen LogP contribution in [0.25, 0.3) is 0 Å². The number of nitrogens with one attached hydrogen (secondary N) is 1. The summed E-state index contributed by atoms with van der Waals surface area (Å²) in [5, 5.41) is 14.0. The van der Waals surface area contributed by atoms with Crippen molar-refractivity contribution in [1.82, 2.24) is 15.1 Å². The van der Waals surface area contributed by atoms with Crippen molar-refractivity contribution in [1.29, 1.82) is 0 Å². The molecule has 1 heterocycles. The molecule has 9 nitrogen and oxygen atoms in total. The van der Waals surface area contributed by atoms with E-state index in [1.165, 1.54) is 0 Å². The highest BCUT2D eigenvalue weighted by molar-refractivity contribution is 5.95. The number of rotatable bonds is 16. The van der Waals surface area contributed by atoms with Gasteiger partial charge in [0.15, 0.2) is 11.5 Å². The average Bonchev–Trinajstić information content (AvgIpc) is 3.65. The maximum absolute atomic E-state index is 13.7. The summed E-state index contributed by atoms with van der Waals surface area (Å²) in [4.78, 5) is 30.7. The van der Waals surface area contributed by atoms with Crippen molar-refractivity contribution >= 4 is 11.8 Å². The van der Waals surface area contributed by atoms with Crippen LogP contribution in [0.3, 0.4) is 0 Å². The molecule has 0 aromatic heterocycles. The van der Waals surface area contributed by atoms with Crippen LogP contribution in [-0.4, -0.2) is 98.5 Å². The standard InChI is InChI=1S/C30H49N3O6/c1-20(2)14-26(34)30(36)33(25-9-10-25)19-24-17-31-16-23(24)18-32(21(3)4)29(35)22-8-11-27(38-6)28(15-22)39-13-7-12-37-5/h8,11,15,20-21,23-26,31,34H,7,9-10,12-14,16-19H2,1-6H3/t23-,24-,26-/m0/s1. The van der Waals surface area contributed by atoms with Crippen molar-refractivity contribution < 1.29 is 28.9 Å². The first-order valence-electron chi connectivity index (χ1n) is 14.5. The summed E-state index contributed by atoms with van der Waals surface area (Å²) in [6.45, 7) is 11.9. The van der Waals surface area contributed by atoms with Crippen molar-refractivity contribution in [3.8, 4) is 11.5 Å². The second-order valence-corrected chi connectivity index (χ2v) is 11.7. The third-order valence-corrected chi connectivity index (χ3v) is 7.64. The quantitative estimate of drug-likeness (QED) is 0.307. The van der Waals surface area contributed by atoms with E-state index < -0.39 is 6.10 Å². The van der Waals surface area contributed by atoms with Gasteiger partial charge in [-0.1, -0.05) is 13.8 Å². The monoisotopic (exact) mass is 547 g/mol. The largest absolute Gasteiger partial charge is 0.493 e. The fourth-order valence-electron chi connectivity index (χ4n) is 5.27. The van der Waals surface area contributed by atoms with Crippen LogP contribution in [0.1, 0.15) is 63.7 Å². The van der Waals surface area contributed by atoms with E-state index >= 15 is 0 Å². The van der Waals surface area contributed by atoms with Crippen LogP contribution < -0.4 is 14.8 Å². The minimum absolute atomic E-state index is 0.000883. The summed E-state index contributed by atoms with van der Waals surface area (Å²) >= 11 is 0. The highest BCUT2D eigenvalue weighted by Gasteiger charge is 2.40. The SMILES string of the molecule is COCCCOc1cc(C(=O)N(C[C@@H]2CNC[C@H]2CN(C(=O)[C@@H](O)CC(C)C)C2CC2)C(C)C)ccc1OC. The predicted molar refractivity (Wildman–Crippen MR) is 151 cm³/mol. The van der Waals surface area contributed by atoms with E-state index in [-0.39, 0.29) is 41.7 Å². The summed E-state index contributed by atoms with van der Waals surface area (Å²) in [5.41, 5.74) is 0.556. The van der Waals surface area contributed by atoms with Gasteiger partial charge in [-0.25, -0.2) is 0 Å². The van der Waals surface area contributed by atoms with Gasteiger partial charge in [0.2, 0.25) is 0 Å². The molecule has 1 aromatic carbocycles. The molecule has 3 rings (SSSR count). The molecule has 1 aromatic rings. The zero-order valence-electron chi connectivity index (χ0n) is 24.7. The normalized spacial score (nSPS) is 19.8. The molecule has 1 aliphatic carbocycles. The van der Waals surface area contributed by atoms with Crippen LogP contribution in [0.4, 0.5) is 0 Å². The van der Waals surface area contributed by atoms with E-state index in [2.05, 4.69) is 5.32 Å². The van der Waals surface area contributed by atoms with Gasteiger partial charge in [0.05, 0.1) is 13.7 Å². The zero-order valence-corrected chi connectivity index (χ0v) is 24.7. The molecule has 39 heavy (non-hydrogen) atoms. The average molecular weight is 548 g/mol. The molecule has 0 spiro atoms. The Morgan fingerprint density at radius 2 is 1.72 bits per heavy atom. The van der Waals surface area contributed by atoms with Gasteiger partial charge in [-0.2, -0.15) is 0 Å². The molecule has 1 saturated heterocycles. The van der Waals surface area contributed by atoms with Gasteiger partial charge in [0.25, 0.3) is 11.8 Å². The lowest BCUT2D eigenvalue weighted by Gasteiger charge is -2.34. The molecular weight excluding hydrogens is 498 g/mol. The second-order valence-electron chi connectivity index (χ2n) is 11.7. The first-order chi connectivity index (χ1) is 18.7. The van der Waals surface area contributed by atoms with Crippen molar-refractivity contribution in [2.45, 2.75) is 71.6 Å². The summed E-state index contributed by atoms with van der Waals surface area (Å²) in [7, 11) is 3.24. The Labute approximate surface area is 234 Å². The number of aliphatic hydroxyl groups is 1. The number of benzene rings is 1. The Morgan fingerprint density at radius 1 is 1.03 bits per heavy atom. The first kappa shape index (κ1) is 31.2. The summed E-state index contributed by atoms with van der Waals surface area (Å²) in [6.07, 6.45) is 2.25. The Morgan fingerprint density at radius 3 is 2.31 bits per heavy atom. The minimum atomic E-state index is -0.951. The lowest BCUT2D eigenvalue weighted by molar-refractivity contribution is -0.142. The lowest BCUT2D eigenvalue weighted by atomic mass is 9.93. The molecule has 0 radical (unpaired) electrons. The van der Waals surface area contributed by atoms with E-state index in [0.29, 0.717) is 49.8 Å². The number of carbonyl (C=O) groups excluding carboxylic acids is 2. The Hall–Kier alpha value is -2.36. The number of carbonyl (C=O) groups is 2. The van der Waals surface area contributed by atoms with Crippen molar-refractivity contribution in [2.75, 3.05) is 53.6 Å². The number of nitrogens with zero attached hydrogens (tertiary/aromatic N) is 2. The van der Waals surface area contributed by atoms with Crippen LogP contribution in [-0.2, 0) is 9.53 Å². The Kier molecular flexibility index (Phi) is 11.9. The predicted octanol–water partition coefficient (Wildman–Crippen LogP) is 3.19. The molecule has 220 valence electrons. The Balaban J connectivity index is 1.70. The highest BCUT2D eigenvalue weighted by Crippen LogP contribution is 2.32. The van der Waals surface area contributed by atoms with Crippen molar-refractivity contribution in [2.24, 2.45) is 17.8 Å². The van der Waals surface area contributed by atoms with Gasteiger partial charge in [-0.3, -0.25) is 9.59 Å². The third-order valence-electron chi connectivity index (χ3n) is 7.64. The number of methoxy groups -OCH3 is 2. The molecule has 2 amide bonds. The van der Waals surface area contributed by atoms with Gasteiger partial charge in [0.1, 0.15) is 6.10 Å². The van der Waals surface area contributed by atoms with E-state index in [4.69, 9.17) is 14.2 Å². The van der Waals surface area contributed by atoms with Gasteiger partial charge in [0, 0.05) is 64.0 Å². The molecule has 1 aliphatic heterocycles. The topological polar surface area (TPSA) is 101 Å². The molecule has 2 N–H and O–H groups in total. The number of aliphatic hydroxyl groups excluding tert-OH is 1. The fraction of sp³-hybridized carbons (Fsp3) is 0.733. The number of hydrogen-bond acceptors (Lipinski definition) is 7. The van der Waals surface area contributed by atoms with E-state index in [1.807, 2.05) is 37.5 Å². The molecular formula is C30H49N3O6. The highest BCUT2D eigenvalue weighted by atomic mass is 16.5. The Bertz CT molecular complexity index is 935. The molecule has 0 bridgehead atoms. The van der Waals surface area contributed by atoms with E-state index in [0.717, 1.165) is 32.4 Å². The number of amides is 2. The van der Waals surface area contributed by atoms with Crippen LogP contribution in [0, 0.1) is 17.8 Å². The molecule has 1 saturated carbocycles. The summed E-state index contributed by atoms with van der Waals surface area (Å²) in [5.74, 6) is 1.60. The molecule has 9 heteroatoms. The van der Waals surface area contributed by atoms with Gasteiger partial charge < -0.3 is 34.4 Å². The van der Waals surface area contributed by atoms with E-state index in [9.17, 15) is 14.7 Å². The number of ether oxygens (including phenoxy) is 3. The molecule has 2 fully saturated rings. The zero-order chi connectivity index (χ0) is 28.5. The minimum Gasteiger partial charge on any atom is -0.493 e. The van der Waals surface area contributed by atoms with Gasteiger partial charge >= 0.3 is 0 Å². The summed E-state index contributed by atoms with van der Waals surface area (Å²) < 4.78 is 16.4. The second kappa shape index (κ2) is 14.9. The first-order valence-corrected chi connectivity index (χ1v) is 14.5. The maximum atomic E-state index is 13.7. The van der Waals surface area contributed by atoms with Crippen molar-refractivity contribution in [3.63, 3.8) is 0 Å². The maximum Gasteiger partial charge on any atom is 0.254 e. The number of hydrogen-bond donors (Lipinski definition) is 2. The van der Waals surface area contributed by atoms with Gasteiger partial charge in [-0.15, -0.1) is 0 Å². The fourth-order valence-corrected chi connectivity index (χ4v) is 5.27. The summed E-state index contributed by atoms with van der Waals surface area (Å²) in [6, 6.07) is 5.55. The molecule has 2 aliphatic rings.